The lowest BCUT2D eigenvalue weighted by Crippen LogP contribution is -2.21. The van der Waals surface area contributed by atoms with Crippen LogP contribution in [-0.2, 0) is 14.3 Å². The average Bonchev–Trinajstić information content (AvgIpc) is 3.26. The molecule has 1 aliphatic heterocycles. The number of nitrogens with zero attached hydrogens (tertiary/aromatic N) is 2. The standard InChI is InChI=1S/C31H28IN3O8/c1-4-41-26-15-19(13-24-18(3)34-35(29(24)37)23-8-6-7-21(16-23)30(38)39)14-25(32)28(26)43-17-27(36)33-22-11-9-20(10-12-22)31(40)42-5-2/h6-16H,4-5,17H2,1-3H3,(H,33,36)(H,38,39)/b24-13+. The normalized spacial score (nSPS) is 13.5. The summed E-state index contributed by atoms with van der Waals surface area (Å²) in [6.45, 7) is 5.53. The van der Waals surface area contributed by atoms with E-state index >= 15 is 0 Å². The molecule has 0 aliphatic carbocycles. The van der Waals surface area contributed by atoms with Crippen molar-refractivity contribution in [3.63, 3.8) is 0 Å². The predicted octanol–water partition coefficient (Wildman–Crippen LogP) is 5.39. The average molecular weight is 697 g/mol. The Morgan fingerprint density at radius 1 is 1.00 bits per heavy atom. The summed E-state index contributed by atoms with van der Waals surface area (Å²) < 4.78 is 17.2. The zero-order valence-corrected chi connectivity index (χ0v) is 25.7. The van der Waals surface area contributed by atoms with Crippen LogP contribution in [0, 0.1) is 3.57 Å². The Balaban J connectivity index is 1.48. The monoisotopic (exact) mass is 697 g/mol. The molecule has 0 saturated carbocycles. The zero-order valence-electron chi connectivity index (χ0n) is 23.5. The molecule has 3 aromatic rings. The maximum absolute atomic E-state index is 13.2. The minimum Gasteiger partial charge on any atom is -0.490 e. The Kier molecular flexibility index (Phi) is 10.1. The molecule has 12 heteroatoms. The van der Waals surface area contributed by atoms with E-state index in [4.69, 9.17) is 14.2 Å². The van der Waals surface area contributed by atoms with E-state index in [0.717, 1.165) is 0 Å². The van der Waals surface area contributed by atoms with E-state index in [1.54, 1.807) is 68.5 Å². The molecule has 0 unspecified atom stereocenters. The van der Waals surface area contributed by atoms with E-state index in [-0.39, 0.29) is 18.8 Å². The summed E-state index contributed by atoms with van der Waals surface area (Å²) in [6, 6.07) is 15.8. The van der Waals surface area contributed by atoms with Gasteiger partial charge in [-0.15, -0.1) is 0 Å². The van der Waals surface area contributed by atoms with E-state index in [9.17, 15) is 24.3 Å². The lowest BCUT2D eigenvalue weighted by Gasteiger charge is -2.15. The molecular formula is C31H28IN3O8. The van der Waals surface area contributed by atoms with Crippen molar-refractivity contribution in [2.75, 3.05) is 30.1 Å². The van der Waals surface area contributed by atoms with Crippen molar-refractivity contribution in [2.24, 2.45) is 5.10 Å². The number of halogens is 1. The van der Waals surface area contributed by atoms with Crippen LogP contribution >= 0.6 is 22.6 Å². The molecule has 0 fully saturated rings. The quantitative estimate of drug-likeness (QED) is 0.154. The van der Waals surface area contributed by atoms with Crippen LogP contribution in [0.4, 0.5) is 11.4 Å². The molecule has 4 rings (SSSR count). The summed E-state index contributed by atoms with van der Waals surface area (Å²) in [6.07, 6.45) is 1.67. The molecule has 11 nitrogen and oxygen atoms in total. The van der Waals surface area contributed by atoms with Crippen LogP contribution in [-0.4, -0.2) is 54.4 Å². The molecule has 0 radical (unpaired) electrons. The number of hydrogen-bond acceptors (Lipinski definition) is 8. The summed E-state index contributed by atoms with van der Waals surface area (Å²) in [5.74, 6) is -1.61. The van der Waals surface area contributed by atoms with Crippen LogP contribution in [0.15, 0.2) is 71.3 Å². The number of hydrazone groups is 1. The maximum Gasteiger partial charge on any atom is 0.338 e. The number of aromatic carboxylic acids is 1. The number of carbonyl (C=O) groups excluding carboxylic acids is 3. The number of rotatable bonds is 11. The minimum atomic E-state index is -1.10. The van der Waals surface area contributed by atoms with Gasteiger partial charge in [0, 0.05) is 5.69 Å². The summed E-state index contributed by atoms with van der Waals surface area (Å²) in [4.78, 5) is 49.0. The Labute approximate surface area is 261 Å². The molecule has 1 heterocycles. The Morgan fingerprint density at radius 3 is 2.42 bits per heavy atom. The van der Waals surface area contributed by atoms with Gasteiger partial charge < -0.3 is 24.6 Å². The van der Waals surface area contributed by atoms with Gasteiger partial charge in [0.15, 0.2) is 18.1 Å². The number of carbonyl (C=O) groups is 4. The van der Waals surface area contributed by atoms with Gasteiger partial charge >= 0.3 is 11.9 Å². The molecule has 0 saturated heterocycles. The highest BCUT2D eigenvalue weighted by molar-refractivity contribution is 14.1. The lowest BCUT2D eigenvalue weighted by atomic mass is 10.1. The second-order valence-corrected chi connectivity index (χ2v) is 10.3. The third-order valence-electron chi connectivity index (χ3n) is 6.07. The highest BCUT2D eigenvalue weighted by Crippen LogP contribution is 2.36. The van der Waals surface area contributed by atoms with E-state index in [0.29, 0.717) is 55.5 Å². The number of esters is 1. The molecule has 1 aliphatic rings. The Bertz CT molecular complexity index is 1630. The molecule has 43 heavy (non-hydrogen) atoms. The Hall–Kier alpha value is -4.72. The fraction of sp³-hybridized carbons (Fsp3) is 0.194. The van der Waals surface area contributed by atoms with Crippen LogP contribution in [0.1, 0.15) is 47.1 Å². The summed E-state index contributed by atoms with van der Waals surface area (Å²) in [5.41, 5.74) is 2.70. The number of carboxylic acid groups (broad SMARTS) is 1. The number of nitrogens with one attached hydrogen (secondary N) is 1. The largest absolute Gasteiger partial charge is 0.490 e. The molecule has 0 atom stereocenters. The van der Waals surface area contributed by atoms with Crippen molar-refractivity contribution in [1.29, 1.82) is 0 Å². The van der Waals surface area contributed by atoms with Crippen molar-refractivity contribution in [2.45, 2.75) is 20.8 Å². The van der Waals surface area contributed by atoms with Crippen molar-refractivity contribution < 1.29 is 38.5 Å². The van der Waals surface area contributed by atoms with Crippen molar-refractivity contribution >= 4 is 69.5 Å². The van der Waals surface area contributed by atoms with Crippen LogP contribution in [0.5, 0.6) is 11.5 Å². The van der Waals surface area contributed by atoms with Gasteiger partial charge in [-0.05, 0) is 110 Å². The lowest BCUT2D eigenvalue weighted by molar-refractivity contribution is -0.118. The van der Waals surface area contributed by atoms with Crippen molar-refractivity contribution in [1.82, 2.24) is 0 Å². The molecule has 2 amide bonds. The third kappa shape index (κ3) is 7.57. The molecule has 0 aromatic heterocycles. The Morgan fingerprint density at radius 2 is 1.74 bits per heavy atom. The zero-order chi connectivity index (χ0) is 31.1. The van der Waals surface area contributed by atoms with Crippen LogP contribution in [0.25, 0.3) is 6.08 Å². The SMILES string of the molecule is CCOC(=O)c1ccc(NC(=O)COc2c(I)cc(/C=C3/C(=O)N(c4cccc(C(=O)O)c4)N=C3C)cc2OCC)cc1. The molecule has 0 bridgehead atoms. The molecule has 3 aromatic carbocycles. The van der Waals surface area contributed by atoms with Crippen LogP contribution in [0.3, 0.4) is 0 Å². The predicted molar refractivity (Wildman–Crippen MR) is 169 cm³/mol. The van der Waals surface area contributed by atoms with Gasteiger partial charge in [0.1, 0.15) is 0 Å². The van der Waals surface area contributed by atoms with Crippen LogP contribution in [0.2, 0.25) is 0 Å². The minimum absolute atomic E-state index is 0.0441. The van der Waals surface area contributed by atoms with E-state index in [1.807, 2.05) is 6.92 Å². The maximum atomic E-state index is 13.2. The number of carboxylic acids is 1. The second kappa shape index (κ2) is 14.0. The number of amides is 2. The van der Waals surface area contributed by atoms with E-state index in [1.165, 1.54) is 17.1 Å². The first-order valence-corrected chi connectivity index (χ1v) is 14.3. The smallest absolute Gasteiger partial charge is 0.338 e. The molecule has 2 N–H and O–H groups in total. The van der Waals surface area contributed by atoms with Crippen molar-refractivity contribution in [3.8, 4) is 11.5 Å². The molecule has 0 spiro atoms. The van der Waals surface area contributed by atoms with Gasteiger partial charge in [-0.2, -0.15) is 10.1 Å². The highest BCUT2D eigenvalue weighted by Gasteiger charge is 2.29. The van der Waals surface area contributed by atoms with Gasteiger partial charge in [-0.1, -0.05) is 6.07 Å². The number of ether oxygens (including phenoxy) is 3. The molecule has 222 valence electrons. The van der Waals surface area contributed by atoms with Gasteiger partial charge in [0.25, 0.3) is 11.8 Å². The fourth-order valence-electron chi connectivity index (χ4n) is 4.11. The van der Waals surface area contributed by atoms with Gasteiger partial charge in [0.2, 0.25) is 0 Å². The number of hydrogen-bond donors (Lipinski definition) is 2. The van der Waals surface area contributed by atoms with E-state index < -0.39 is 23.8 Å². The topological polar surface area (TPSA) is 144 Å². The first kappa shape index (κ1) is 31.2. The number of anilines is 2. The third-order valence-corrected chi connectivity index (χ3v) is 6.87. The van der Waals surface area contributed by atoms with Gasteiger partial charge in [-0.25, -0.2) is 9.59 Å². The van der Waals surface area contributed by atoms with Crippen molar-refractivity contribution in [3.05, 3.63) is 86.5 Å². The highest BCUT2D eigenvalue weighted by atomic mass is 127. The fourth-order valence-corrected chi connectivity index (χ4v) is 4.89. The van der Waals surface area contributed by atoms with E-state index in [2.05, 4.69) is 33.0 Å². The van der Waals surface area contributed by atoms with Crippen LogP contribution < -0.4 is 19.8 Å². The summed E-state index contributed by atoms with van der Waals surface area (Å²) >= 11 is 2.07. The summed E-state index contributed by atoms with van der Waals surface area (Å²) in [7, 11) is 0. The second-order valence-electron chi connectivity index (χ2n) is 9.11. The number of benzene rings is 3. The first-order chi connectivity index (χ1) is 20.6. The first-order valence-electron chi connectivity index (χ1n) is 13.2. The van der Waals surface area contributed by atoms with Gasteiger partial charge in [0.05, 0.1) is 44.9 Å². The summed E-state index contributed by atoms with van der Waals surface area (Å²) in [5, 5.41) is 17.5. The molecular weight excluding hydrogens is 669 g/mol. The van der Waals surface area contributed by atoms with Gasteiger partial charge in [-0.3, -0.25) is 9.59 Å².